The first kappa shape index (κ1) is 12.0. The Labute approximate surface area is 109 Å². The molecule has 0 spiro atoms. The molecule has 0 atom stereocenters. The number of hydrogen-bond acceptors (Lipinski definition) is 3. The lowest BCUT2D eigenvalue weighted by Gasteiger charge is -2.16. The van der Waals surface area contributed by atoms with E-state index in [1.807, 2.05) is 0 Å². The highest BCUT2D eigenvalue weighted by Gasteiger charge is 2.25. The monoisotopic (exact) mass is 256 g/mol. The molecular weight excluding hydrogens is 248 g/mol. The summed E-state index contributed by atoms with van der Waals surface area (Å²) in [6, 6.07) is 6.93. The summed E-state index contributed by atoms with van der Waals surface area (Å²) in [5, 5.41) is 4.74. The molecule has 2 N–H and O–H groups in total. The molecule has 0 saturated carbocycles. The molecule has 1 fully saturated rings. The van der Waals surface area contributed by atoms with Gasteiger partial charge in [0.2, 0.25) is 0 Å². The van der Waals surface area contributed by atoms with Gasteiger partial charge in [0.1, 0.15) is 5.57 Å². The van der Waals surface area contributed by atoms with Crippen LogP contribution in [0.3, 0.4) is 0 Å². The van der Waals surface area contributed by atoms with Crippen molar-refractivity contribution in [1.29, 1.82) is 0 Å². The largest absolute Gasteiger partial charge is 0.299 e. The fourth-order valence-electron chi connectivity index (χ4n) is 1.45. The molecule has 4 nitrogen and oxygen atoms in total. The van der Waals surface area contributed by atoms with Gasteiger partial charge in [0.25, 0.3) is 11.8 Å². The third-order valence-electron chi connectivity index (χ3n) is 2.33. The molecule has 1 saturated heterocycles. The number of nitrogens with one attached hydrogen (secondary N) is 2. The number of amides is 2. The molecule has 0 aromatic heterocycles. The van der Waals surface area contributed by atoms with E-state index in [1.165, 1.54) is 6.08 Å². The maximum atomic E-state index is 11.6. The van der Waals surface area contributed by atoms with Gasteiger partial charge in [-0.3, -0.25) is 20.2 Å². The van der Waals surface area contributed by atoms with Crippen LogP contribution in [0.2, 0.25) is 0 Å². The number of rotatable bonds is 1. The van der Waals surface area contributed by atoms with Crippen LogP contribution in [0.25, 0.3) is 6.08 Å². The van der Waals surface area contributed by atoms with Crippen LogP contribution >= 0.6 is 12.2 Å². The second kappa shape index (κ2) is 4.82. The van der Waals surface area contributed by atoms with Gasteiger partial charge in [-0.15, -0.1) is 6.42 Å². The number of carbonyl (C=O) groups is 2. The molecule has 18 heavy (non-hydrogen) atoms. The molecule has 0 bridgehead atoms. The van der Waals surface area contributed by atoms with E-state index in [2.05, 4.69) is 16.6 Å². The molecule has 88 valence electrons. The number of terminal acetylenes is 1. The minimum Gasteiger partial charge on any atom is -0.299 e. The van der Waals surface area contributed by atoms with E-state index in [0.717, 1.165) is 5.56 Å². The zero-order valence-electron chi connectivity index (χ0n) is 9.19. The summed E-state index contributed by atoms with van der Waals surface area (Å²) in [6.45, 7) is 0. The average Bonchev–Trinajstić information content (AvgIpc) is 2.34. The van der Waals surface area contributed by atoms with E-state index in [9.17, 15) is 9.59 Å². The number of thiocarbonyl (C=S) groups is 1. The van der Waals surface area contributed by atoms with E-state index in [-0.39, 0.29) is 10.7 Å². The zero-order chi connectivity index (χ0) is 13.1. The highest BCUT2D eigenvalue weighted by Crippen LogP contribution is 2.10. The minimum atomic E-state index is -0.509. The predicted molar refractivity (Wildman–Crippen MR) is 71.2 cm³/mol. The summed E-state index contributed by atoms with van der Waals surface area (Å²) in [7, 11) is 0. The SMILES string of the molecule is C#Cc1ccc(C=C2C(=O)NC(=S)NC2=O)cc1. The molecule has 1 heterocycles. The lowest BCUT2D eigenvalue weighted by Crippen LogP contribution is -2.51. The molecule has 2 rings (SSSR count). The quantitative estimate of drug-likeness (QED) is 0.334. The fraction of sp³-hybridized carbons (Fsp3) is 0. The van der Waals surface area contributed by atoms with Crippen molar-refractivity contribution in [1.82, 2.24) is 10.6 Å². The van der Waals surface area contributed by atoms with Crippen molar-refractivity contribution in [2.75, 3.05) is 0 Å². The zero-order valence-corrected chi connectivity index (χ0v) is 10.0. The van der Waals surface area contributed by atoms with Gasteiger partial charge in [-0.25, -0.2) is 0 Å². The molecular formula is C13H8N2O2S. The summed E-state index contributed by atoms with van der Waals surface area (Å²) in [4.78, 5) is 23.2. The van der Waals surface area contributed by atoms with E-state index < -0.39 is 11.8 Å². The number of hydrogen-bond donors (Lipinski definition) is 2. The van der Waals surface area contributed by atoms with Crippen molar-refractivity contribution >= 4 is 35.2 Å². The standard InChI is InChI=1S/C13H8N2O2S/c1-2-8-3-5-9(6-4-8)7-10-11(16)14-13(18)15-12(10)17/h1,3-7H,(H2,14,15,16,17,18). The van der Waals surface area contributed by atoms with Gasteiger partial charge < -0.3 is 0 Å². The Morgan fingerprint density at radius 1 is 1.11 bits per heavy atom. The molecule has 5 heteroatoms. The molecule has 1 aromatic carbocycles. The van der Waals surface area contributed by atoms with E-state index in [0.29, 0.717) is 5.56 Å². The summed E-state index contributed by atoms with van der Waals surface area (Å²) in [5.74, 6) is 1.47. The first-order valence-electron chi connectivity index (χ1n) is 5.05. The second-order valence-corrected chi connectivity index (χ2v) is 3.97. The van der Waals surface area contributed by atoms with Crippen LogP contribution < -0.4 is 10.6 Å². The lowest BCUT2D eigenvalue weighted by molar-refractivity contribution is -0.123. The van der Waals surface area contributed by atoms with Crippen LogP contribution in [0.4, 0.5) is 0 Å². The predicted octanol–water partition coefficient (Wildman–Crippen LogP) is 0.582. The first-order valence-corrected chi connectivity index (χ1v) is 5.46. The van der Waals surface area contributed by atoms with Gasteiger partial charge >= 0.3 is 0 Å². The van der Waals surface area contributed by atoms with Crippen molar-refractivity contribution in [3.05, 3.63) is 41.0 Å². The first-order chi connectivity index (χ1) is 8.60. The van der Waals surface area contributed by atoms with E-state index >= 15 is 0 Å². The maximum absolute atomic E-state index is 11.6. The highest BCUT2D eigenvalue weighted by atomic mass is 32.1. The highest BCUT2D eigenvalue weighted by molar-refractivity contribution is 7.80. The van der Waals surface area contributed by atoms with Crippen molar-refractivity contribution in [3.8, 4) is 12.3 Å². The number of benzene rings is 1. The molecule has 1 aliphatic heterocycles. The third-order valence-corrected chi connectivity index (χ3v) is 2.54. The van der Waals surface area contributed by atoms with Gasteiger partial charge in [-0.05, 0) is 36.0 Å². The molecule has 0 radical (unpaired) electrons. The van der Waals surface area contributed by atoms with Gasteiger partial charge in [0.05, 0.1) is 0 Å². The average molecular weight is 256 g/mol. The van der Waals surface area contributed by atoms with Crippen LogP contribution in [0, 0.1) is 12.3 Å². The Hall–Kier alpha value is -2.45. The fourth-order valence-corrected chi connectivity index (χ4v) is 1.63. The number of carbonyl (C=O) groups excluding carboxylic acids is 2. The lowest BCUT2D eigenvalue weighted by atomic mass is 10.1. The van der Waals surface area contributed by atoms with Crippen LogP contribution in [0.1, 0.15) is 11.1 Å². The van der Waals surface area contributed by atoms with Crippen molar-refractivity contribution in [3.63, 3.8) is 0 Å². The van der Waals surface area contributed by atoms with Crippen LogP contribution in [-0.2, 0) is 9.59 Å². The summed E-state index contributed by atoms with van der Waals surface area (Å²) in [6.07, 6.45) is 6.71. The van der Waals surface area contributed by atoms with Crippen LogP contribution in [-0.4, -0.2) is 16.9 Å². The van der Waals surface area contributed by atoms with Gasteiger partial charge in [-0.2, -0.15) is 0 Å². The Balaban J connectivity index is 2.32. The molecule has 1 aliphatic rings. The Bertz CT molecular complexity index is 587. The van der Waals surface area contributed by atoms with Crippen LogP contribution in [0.5, 0.6) is 0 Å². The Morgan fingerprint density at radius 2 is 1.67 bits per heavy atom. The van der Waals surface area contributed by atoms with E-state index in [1.54, 1.807) is 24.3 Å². The Kier molecular flexibility index (Phi) is 3.22. The topological polar surface area (TPSA) is 58.2 Å². The minimum absolute atomic E-state index is 0.0112. The van der Waals surface area contributed by atoms with Crippen molar-refractivity contribution < 1.29 is 9.59 Å². The smallest absolute Gasteiger partial charge is 0.263 e. The summed E-state index contributed by atoms with van der Waals surface area (Å²) in [5.41, 5.74) is 1.45. The second-order valence-electron chi connectivity index (χ2n) is 3.56. The van der Waals surface area contributed by atoms with Gasteiger partial charge in [-0.1, -0.05) is 18.1 Å². The molecule has 0 unspecified atom stereocenters. The summed E-state index contributed by atoms with van der Waals surface area (Å²) < 4.78 is 0. The van der Waals surface area contributed by atoms with Crippen molar-refractivity contribution in [2.45, 2.75) is 0 Å². The molecule has 1 aromatic rings. The normalized spacial score (nSPS) is 14.6. The Morgan fingerprint density at radius 3 is 2.17 bits per heavy atom. The molecule has 2 amide bonds. The molecule has 0 aliphatic carbocycles. The third kappa shape index (κ3) is 2.44. The van der Waals surface area contributed by atoms with Crippen LogP contribution in [0.15, 0.2) is 29.8 Å². The maximum Gasteiger partial charge on any atom is 0.263 e. The van der Waals surface area contributed by atoms with Crippen molar-refractivity contribution in [2.24, 2.45) is 0 Å². The van der Waals surface area contributed by atoms with E-state index in [4.69, 9.17) is 18.6 Å². The van der Waals surface area contributed by atoms with Gasteiger partial charge in [0, 0.05) is 5.56 Å². The summed E-state index contributed by atoms with van der Waals surface area (Å²) >= 11 is 4.70. The van der Waals surface area contributed by atoms with Gasteiger partial charge in [0.15, 0.2) is 5.11 Å².